The molecule has 0 aliphatic carbocycles. The molecule has 1 amide bonds. The first-order valence-corrected chi connectivity index (χ1v) is 5.76. The van der Waals surface area contributed by atoms with Crippen molar-refractivity contribution in [1.29, 1.82) is 0 Å². The smallest absolute Gasteiger partial charge is 0.228 e. The fourth-order valence-electron chi connectivity index (χ4n) is 1.47. The van der Waals surface area contributed by atoms with Crippen LogP contribution in [0.2, 0.25) is 5.02 Å². The Hall–Kier alpha value is -1.06. The van der Waals surface area contributed by atoms with Crippen molar-refractivity contribution in [2.45, 2.75) is 13.3 Å². The topological polar surface area (TPSA) is 41.1 Å². The lowest BCUT2D eigenvalue weighted by Crippen LogP contribution is -2.30. The predicted molar refractivity (Wildman–Crippen MR) is 67.8 cm³/mol. The van der Waals surface area contributed by atoms with Gasteiger partial charge in [-0.15, -0.1) is 0 Å². The quantitative estimate of drug-likeness (QED) is 0.831. The third-order valence-electron chi connectivity index (χ3n) is 2.45. The SMILES string of the molecule is CCC(CNC)C(=O)Nc1ccccc1Cl. The number of hydrogen-bond donors (Lipinski definition) is 2. The molecule has 0 aliphatic heterocycles. The van der Waals surface area contributed by atoms with E-state index in [0.29, 0.717) is 17.3 Å². The average molecular weight is 241 g/mol. The summed E-state index contributed by atoms with van der Waals surface area (Å²) < 4.78 is 0. The van der Waals surface area contributed by atoms with Gasteiger partial charge in [-0.3, -0.25) is 4.79 Å². The summed E-state index contributed by atoms with van der Waals surface area (Å²) in [5.41, 5.74) is 0.670. The highest BCUT2D eigenvalue weighted by molar-refractivity contribution is 6.33. The summed E-state index contributed by atoms with van der Waals surface area (Å²) in [6, 6.07) is 7.24. The molecule has 1 unspecified atom stereocenters. The van der Waals surface area contributed by atoms with Gasteiger partial charge in [0, 0.05) is 6.54 Å². The van der Waals surface area contributed by atoms with E-state index < -0.39 is 0 Å². The van der Waals surface area contributed by atoms with Crippen molar-refractivity contribution in [1.82, 2.24) is 5.32 Å². The van der Waals surface area contributed by atoms with Gasteiger partial charge in [0.1, 0.15) is 0 Å². The van der Waals surface area contributed by atoms with Crippen LogP contribution in [0.3, 0.4) is 0 Å². The second kappa shape index (κ2) is 6.51. The molecule has 0 fully saturated rings. The molecule has 0 spiro atoms. The Balaban J connectivity index is 2.66. The first-order chi connectivity index (χ1) is 7.69. The minimum absolute atomic E-state index is 0.00458. The van der Waals surface area contributed by atoms with Crippen LogP contribution in [0.5, 0.6) is 0 Å². The minimum atomic E-state index is -0.0266. The molecule has 2 N–H and O–H groups in total. The standard InChI is InChI=1S/C12H17ClN2O/c1-3-9(8-14-2)12(16)15-11-7-5-4-6-10(11)13/h4-7,9,14H,3,8H2,1-2H3,(H,15,16). The number of hydrogen-bond acceptors (Lipinski definition) is 2. The maximum absolute atomic E-state index is 11.9. The Morgan fingerprint density at radius 2 is 2.12 bits per heavy atom. The van der Waals surface area contributed by atoms with Crippen LogP contribution >= 0.6 is 11.6 Å². The van der Waals surface area contributed by atoms with E-state index in [-0.39, 0.29) is 11.8 Å². The fraction of sp³-hybridized carbons (Fsp3) is 0.417. The lowest BCUT2D eigenvalue weighted by Gasteiger charge is -2.14. The monoisotopic (exact) mass is 240 g/mol. The van der Waals surface area contributed by atoms with Gasteiger partial charge >= 0.3 is 0 Å². The van der Waals surface area contributed by atoms with Crippen LogP contribution in [-0.4, -0.2) is 19.5 Å². The van der Waals surface area contributed by atoms with Gasteiger partial charge in [-0.05, 0) is 25.6 Å². The van der Waals surface area contributed by atoms with Gasteiger partial charge in [-0.1, -0.05) is 30.7 Å². The van der Waals surface area contributed by atoms with E-state index in [1.54, 1.807) is 12.1 Å². The van der Waals surface area contributed by atoms with Gasteiger partial charge in [0.05, 0.1) is 16.6 Å². The van der Waals surface area contributed by atoms with Crippen molar-refractivity contribution in [3.63, 3.8) is 0 Å². The third-order valence-corrected chi connectivity index (χ3v) is 2.78. The molecule has 1 atom stereocenters. The van der Waals surface area contributed by atoms with Gasteiger partial charge in [0.25, 0.3) is 0 Å². The molecule has 1 aromatic rings. The summed E-state index contributed by atoms with van der Waals surface area (Å²) in [6.07, 6.45) is 0.803. The number of carbonyl (C=O) groups excluding carboxylic acids is 1. The molecule has 1 rings (SSSR count). The van der Waals surface area contributed by atoms with E-state index in [2.05, 4.69) is 10.6 Å². The molecule has 0 aliphatic rings. The molecule has 1 aromatic carbocycles. The number of halogens is 1. The van der Waals surface area contributed by atoms with E-state index in [1.807, 2.05) is 26.1 Å². The Kier molecular flexibility index (Phi) is 5.29. The average Bonchev–Trinajstić information content (AvgIpc) is 2.29. The van der Waals surface area contributed by atoms with Crippen molar-refractivity contribution in [3.8, 4) is 0 Å². The zero-order valence-corrected chi connectivity index (χ0v) is 10.3. The van der Waals surface area contributed by atoms with Crippen LogP contribution in [0.15, 0.2) is 24.3 Å². The van der Waals surface area contributed by atoms with Crippen molar-refractivity contribution in [2.75, 3.05) is 18.9 Å². The largest absolute Gasteiger partial charge is 0.324 e. The van der Waals surface area contributed by atoms with Crippen LogP contribution in [0.25, 0.3) is 0 Å². The lowest BCUT2D eigenvalue weighted by molar-refractivity contribution is -0.119. The van der Waals surface area contributed by atoms with E-state index >= 15 is 0 Å². The molecule has 0 heterocycles. The highest BCUT2D eigenvalue weighted by Crippen LogP contribution is 2.21. The number of nitrogens with one attached hydrogen (secondary N) is 2. The highest BCUT2D eigenvalue weighted by Gasteiger charge is 2.16. The molecule has 16 heavy (non-hydrogen) atoms. The first-order valence-electron chi connectivity index (χ1n) is 5.39. The lowest BCUT2D eigenvalue weighted by atomic mass is 10.1. The maximum Gasteiger partial charge on any atom is 0.228 e. The molecular formula is C12H17ClN2O. The maximum atomic E-state index is 11.9. The molecule has 88 valence electrons. The highest BCUT2D eigenvalue weighted by atomic mass is 35.5. The zero-order valence-electron chi connectivity index (χ0n) is 9.59. The van der Waals surface area contributed by atoms with Gasteiger partial charge < -0.3 is 10.6 Å². The van der Waals surface area contributed by atoms with E-state index in [1.165, 1.54) is 0 Å². The van der Waals surface area contributed by atoms with Crippen LogP contribution < -0.4 is 10.6 Å². The Morgan fingerprint density at radius 1 is 1.44 bits per heavy atom. The molecule has 0 saturated carbocycles. The van der Waals surface area contributed by atoms with Crippen LogP contribution in [0, 0.1) is 5.92 Å². The summed E-state index contributed by atoms with van der Waals surface area (Å²) >= 11 is 5.96. The number of para-hydroxylation sites is 1. The van der Waals surface area contributed by atoms with E-state index in [0.717, 1.165) is 6.42 Å². The third kappa shape index (κ3) is 3.51. The molecule has 0 saturated heterocycles. The summed E-state index contributed by atoms with van der Waals surface area (Å²) in [5.74, 6) is -0.0220. The van der Waals surface area contributed by atoms with Crippen molar-refractivity contribution >= 4 is 23.2 Å². The molecule has 0 radical (unpaired) electrons. The molecular weight excluding hydrogens is 224 g/mol. The number of benzene rings is 1. The normalized spacial score (nSPS) is 12.2. The minimum Gasteiger partial charge on any atom is -0.324 e. The number of amides is 1. The molecule has 4 heteroatoms. The molecule has 0 bridgehead atoms. The first kappa shape index (κ1) is 13.0. The number of carbonyl (C=O) groups is 1. The Morgan fingerprint density at radius 3 is 2.69 bits per heavy atom. The Bertz CT molecular complexity index is 355. The van der Waals surface area contributed by atoms with Crippen molar-refractivity contribution in [3.05, 3.63) is 29.3 Å². The van der Waals surface area contributed by atoms with Crippen LogP contribution in [0.1, 0.15) is 13.3 Å². The number of rotatable bonds is 5. The molecule has 3 nitrogen and oxygen atoms in total. The second-order valence-electron chi connectivity index (χ2n) is 3.63. The second-order valence-corrected chi connectivity index (χ2v) is 4.04. The zero-order chi connectivity index (χ0) is 12.0. The van der Waals surface area contributed by atoms with Gasteiger partial charge in [-0.2, -0.15) is 0 Å². The van der Waals surface area contributed by atoms with Crippen molar-refractivity contribution < 1.29 is 4.79 Å². The summed E-state index contributed by atoms with van der Waals surface area (Å²) in [4.78, 5) is 11.9. The predicted octanol–water partition coefficient (Wildman–Crippen LogP) is 2.52. The molecule has 0 aromatic heterocycles. The van der Waals surface area contributed by atoms with E-state index in [4.69, 9.17) is 11.6 Å². The fourth-order valence-corrected chi connectivity index (χ4v) is 1.65. The Labute approximate surface area is 101 Å². The van der Waals surface area contributed by atoms with Gasteiger partial charge in [0.2, 0.25) is 5.91 Å². The van der Waals surface area contributed by atoms with Crippen LogP contribution in [0.4, 0.5) is 5.69 Å². The summed E-state index contributed by atoms with van der Waals surface area (Å²) in [5, 5.41) is 6.41. The van der Waals surface area contributed by atoms with E-state index in [9.17, 15) is 4.79 Å². The van der Waals surface area contributed by atoms with Crippen molar-refractivity contribution in [2.24, 2.45) is 5.92 Å². The summed E-state index contributed by atoms with van der Waals surface area (Å²) in [7, 11) is 1.84. The van der Waals surface area contributed by atoms with Crippen LogP contribution in [-0.2, 0) is 4.79 Å². The van der Waals surface area contributed by atoms with Gasteiger partial charge in [-0.25, -0.2) is 0 Å². The number of anilines is 1. The van der Waals surface area contributed by atoms with Gasteiger partial charge in [0.15, 0.2) is 0 Å². The summed E-state index contributed by atoms with van der Waals surface area (Å²) in [6.45, 7) is 2.67.